The summed E-state index contributed by atoms with van der Waals surface area (Å²) in [5, 5.41) is 2.36. The van der Waals surface area contributed by atoms with Crippen LogP contribution in [-0.4, -0.2) is 0 Å². The molecule has 0 atom stereocenters. The highest BCUT2D eigenvalue weighted by molar-refractivity contribution is 5.84. The van der Waals surface area contributed by atoms with Gasteiger partial charge in [-0.2, -0.15) is 0 Å². The summed E-state index contributed by atoms with van der Waals surface area (Å²) in [4.78, 5) is 0. The molecule has 0 fully saturated rings. The SMILES string of the molecule is [2H]C([2H])([2H])c1ccc(-c2cc3ccccc3c[n+]2C)c(C)c1. The molecular weight excluding hydrogens is 230 g/mol. The Morgan fingerprint density at radius 1 is 1.00 bits per heavy atom. The Bertz CT molecular complexity index is 851. The summed E-state index contributed by atoms with van der Waals surface area (Å²) in [6.07, 6.45) is 2.10. The fourth-order valence-electron chi connectivity index (χ4n) is 2.51. The van der Waals surface area contributed by atoms with Gasteiger partial charge in [-0.15, -0.1) is 0 Å². The van der Waals surface area contributed by atoms with Gasteiger partial charge in [0.15, 0.2) is 6.20 Å². The molecule has 3 rings (SSSR count). The van der Waals surface area contributed by atoms with Crippen molar-refractivity contribution < 1.29 is 8.68 Å². The molecule has 2 aromatic carbocycles. The first kappa shape index (κ1) is 8.87. The highest BCUT2D eigenvalue weighted by Gasteiger charge is 2.13. The van der Waals surface area contributed by atoms with Crippen LogP contribution in [0.1, 0.15) is 15.2 Å². The van der Waals surface area contributed by atoms with Crippen molar-refractivity contribution in [2.45, 2.75) is 13.8 Å². The molecule has 0 bridgehead atoms. The van der Waals surface area contributed by atoms with Crippen LogP contribution in [0.4, 0.5) is 0 Å². The summed E-state index contributed by atoms with van der Waals surface area (Å²) < 4.78 is 24.7. The minimum atomic E-state index is -2.06. The minimum absolute atomic E-state index is 0.386. The van der Waals surface area contributed by atoms with Crippen LogP contribution in [0.5, 0.6) is 0 Å². The molecule has 1 heterocycles. The number of fused-ring (bicyclic) bond motifs is 1. The predicted molar refractivity (Wildman–Crippen MR) is 80.0 cm³/mol. The third kappa shape index (κ3) is 2.12. The zero-order chi connectivity index (χ0) is 15.9. The van der Waals surface area contributed by atoms with E-state index in [0.717, 1.165) is 16.8 Å². The van der Waals surface area contributed by atoms with Crippen molar-refractivity contribution >= 4 is 10.8 Å². The molecule has 0 amide bonds. The van der Waals surface area contributed by atoms with E-state index in [1.54, 1.807) is 12.1 Å². The number of aryl methyl sites for hydroxylation is 3. The van der Waals surface area contributed by atoms with Gasteiger partial charge >= 0.3 is 0 Å². The third-order valence-corrected chi connectivity index (χ3v) is 3.50. The molecule has 1 nitrogen and oxygen atoms in total. The molecule has 3 aromatic rings. The van der Waals surface area contributed by atoms with E-state index in [9.17, 15) is 0 Å². The van der Waals surface area contributed by atoms with Crippen LogP contribution in [0.3, 0.4) is 0 Å². The molecule has 19 heavy (non-hydrogen) atoms. The monoisotopic (exact) mass is 251 g/mol. The van der Waals surface area contributed by atoms with Crippen LogP contribution in [0.2, 0.25) is 0 Å². The zero-order valence-corrected chi connectivity index (χ0v) is 11.1. The number of benzene rings is 2. The normalized spacial score (nSPS) is 13.9. The fraction of sp³-hybridized carbons (Fsp3) is 0.167. The van der Waals surface area contributed by atoms with Gasteiger partial charge in [-0.3, -0.25) is 0 Å². The van der Waals surface area contributed by atoms with Gasteiger partial charge < -0.3 is 0 Å². The second-order valence-electron chi connectivity index (χ2n) is 4.93. The van der Waals surface area contributed by atoms with E-state index in [-0.39, 0.29) is 0 Å². The van der Waals surface area contributed by atoms with Crippen LogP contribution in [0, 0.1) is 13.8 Å². The van der Waals surface area contributed by atoms with Crippen LogP contribution >= 0.6 is 0 Å². The summed E-state index contributed by atoms with van der Waals surface area (Å²) in [7, 11) is 2.01. The largest absolute Gasteiger partial charge is 0.213 e. The number of pyridine rings is 1. The molecule has 0 aliphatic carbocycles. The van der Waals surface area contributed by atoms with Crippen molar-refractivity contribution in [1.29, 1.82) is 0 Å². The van der Waals surface area contributed by atoms with Gasteiger partial charge in [-0.05, 0) is 36.9 Å². The number of hydrogen-bond acceptors (Lipinski definition) is 0. The Kier molecular flexibility index (Phi) is 2.10. The first-order valence-corrected chi connectivity index (χ1v) is 6.36. The number of hydrogen-bond donors (Lipinski definition) is 0. The van der Waals surface area contributed by atoms with E-state index in [2.05, 4.69) is 29.0 Å². The van der Waals surface area contributed by atoms with Crippen LogP contribution in [0.25, 0.3) is 22.0 Å². The summed E-state index contributed by atoms with van der Waals surface area (Å²) in [6, 6.07) is 15.7. The first-order chi connectivity index (χ1) is 10.4. The van der Waals surface area contributed by atoms with E-state index >= 15 is 0 Å². The Balaban J connectivity index is 2.17. The molecule has 0 aliphatic rings. The lowest BCUT2D eigenvalue weighted by molar-refractivity contribution is -0.659. The van der Waals surface area contributed by atoms with Gasteiger partial charge in [0.05, 0.1) is 0 Å². The van der Waals surface area contributed by atoms with Crippen molar-refractivity contribution in [2.75, 3.05) is 0 Å². The minimum Gasteiger partial charge on any atom is -0.200 e. The second-order valence-corrected chi connectivity index (χ2v) is 4.93. The van der Waals surface area contributed by atoms with Crippen molar-refractivity contribution in [2.24, 2.45) is 7.05 Å². The summed E-state index contributed by atoms with van der Waals surface area (Å²) in [5.41, 5.74) is 3.49. The van der Waals surface area contributed by atoms with Crippen LogP contribution < -0.4 is 4.57 Å². The van der Waals surface area contributed by atoms with Gasteiger partial charge in [-0.25, -0.2) is 4.57 Å². The molecule has 1 aromatic heterocycles. The van der Waals surface area contributed by atoms with Crippen molar-refractivity contribution in [3.8, 4) is 11.3 Å². The summed E-state index contributed by atoms with van der Waals surface area (Å²) in [5.74, 6) is 0. The van der Waals surface area contributed by atoms with Crippen molar-refractivity contribution in [3.05, 3.63) is 65.9 Å². The average Bonchev–Trinajstić information content (AvgIpc) is 2.46. The first-order valence-electron chi connectivity index (χ1n) is 7.86. The lowest BCUT2D eigenvalue weighted by Gasteiger charge is -2.06. The topological polar surface area (TPSA) is 3.88 Å². The average molecular weight is 251 g/mol. The lowest BCUT2D eigenvalue weighted by atomic mass is 10.0. The molecule has 0 unspecified atom stereocenters. The van der Waals surface area contributed by atoms with Gasteiger partial charge in [-0.1, -0.05) is 35.9 Å². The number of aromatic nitrogens is 1. The van der Waals surface area contributed by atoms with Crippen molar-refractivity contribution in [1.82, 2.24) is 0 Å². The standard InChI is InChI=1S/C18H18N/c1-13-8-9-17(14(2)10-13)18-11-15-6-4-5-7-16(15)12-19(18)3/h4-12H,1-3H3/q+1/i1D3. The molecule has 0 spiro atoms. The Labute approximate surface area is 118 Å². The molecular formula is C18H18N+. The number of nitrogens with zero attached hydrogens (tertiary/aromatic N) is 1. The Hall–Kier alpha value is -2.15. The maximum atomic E-state index is 7.52. The maximum absolute atomic E-state index is 7.52. The van der Waals surface area contributed by atoms with Crippen molar-refractivity contribution in [3.63, 3.8) is 0 Å². The van der Waals surface area contributed by atoms with E-state index < -0.39 is 6.85 Å². The predicted octanol–water partition coefficient (Wildman–Crippen LogP) is 3.95. The Morgan fingerprint density at radius 2 is 1.79 bits per heavy atom. The summed E-state index contributed by atoms with van der Waals surface area (Å²) >= 11 is 0. The summed E-state index contributed by atoms with van der Waals surface area (Å²) in [6.45, 7) is -0.103. The number of rotatable bonds is 1. The molecule has 0 aliphatic heterocycles. The molecule has 0 saturated heterocycles. The highest BCUT2D eigenvalue weighted by Crippen LogP contribution is 2.24. The highest BCUT2D eigenvalue weighted by atomic mass is 14.9. The smallest absolute Gasteiger partial charge is 0.200 e. The van der Waals surface area contributed by atoms with Crippen LogP contribution in [0.15, 0.2) is 54.7 Å². The molecule has 0 saturated carbocycles. The van der Waals surface area contributed by atoms with Gasteiger partial charge in [0.1, 0.15) is 7.05 Å². The molecule has 94 valence electrons. The van der Waals surface area contributed by atoms with Gasteiger partial charge in [0, 0.05) is 21.1 Å². The second kappa shape index (κ2) is 4.51. The quantitative estimate of drug-likeness (QED) is 0.577. The van der Waals surface area contributed by atoms with Crippen LogP contribution in [-0.2, 0) is 7.05 Å². The maximum Gasteiger partial charge on any atom is 0.213 e. The van der Waals surface area contributed by atoms with E-state index in [1.165, 1.54) is 10.8 Å². The lowest BCUT2D eigenvalue weighted by Crippen LogP contribution is -2.30. The Morgan fingerprint density at radius 3 is 2.53 bits per heavy atom. The van der Waals surface area contributed by atoms with Gasteiger partial charge in [0.2, 0.25) is 5.69 Å². The van der Waals surface area contributed by atoms with E-state index in [1.807, 2.05) is 32.2 Å². The van der Waals surface area contributed by atoms with E-state index in [0.29, 0.717) is 5.56 Å². The molecule has 0 N–H and O–H groups in total. The molecule has 0 radical (unpaired) electrons. The zero-order valence-electron chi connectivity index (χ0n) is 14.1. The van der Waals surface area contributed by atoms with Gasteiger partial charge in [0.25, 0.3) is 0 Å². The van der Waals surface area contributed by atoms with E-state index in [4.69, 9.17) is 4.11 Å². The third-order valence-electron chi connectivity index (χ3n) is 3.50. The fourth-order valence-corrected chi connectivity index (χ4v) is 2.51. The molecule has 1 heteroatoms.